The van der Waals surface area contributed by atoms with Crippen LogP contribution in [0.25, 0.3) is 0 Å². The maximum absolute atomic E-state index is 10.2. The molecule has 1 aliphatic carbocycles. The van der Waals surface area contributed by atoms with E-state index in [9.17, 15) is 9.59 Å². The largest absolute Gasteiger partial charge is 0.235 e. The third kappa shape index (κ3) is 5.01. The van der Waals surface area contributed by atoms with Gasteiger partial charge in [-0.05, 0) is 31.6 Å². The highest BCUT2D eigenvalue weighted by Gasteiger charge is 2.16. The molecule has 88 valence electrons. The summed E-state index contributed by atoms with van der Waals surface area (Å²) in [5.41, 5.74) is 0. The maximum Gasteiger partial charge on any atom is 0.235 e. The minimum absolute atomic E-state index is 0.162. The van der Waals surface area contributed by atoms with Gasteiger partial charge in [-0.3, -0.25) is 0 Å². The van der Waals surface area contributed by atoms with Crippen molar-refractivity contribution in [2.75, 3.05) is 6.54 Å². The molecule has 1 aliphatic rings. The van der Waals surface area contributed by atoms with Crippen LogP contribution in [-0.4, -0.2) is 24.7 Å². The van der Waals surface area contributed by atoms with Crippen molar-refractivity contribution in [2.24, 2.45) is 15.9 Å². The van der Waals surface area contributed by atoms with Crippen LogP contribution in [0.4, 0.5) is 0 Å². The molecule has 1 saturated carbocycles. The van der Waals surface area contributed by atoms with Crippen LogP contribution < -0.4 is 0 Å². The number of hydrogen-bond donors (Lipinski definition) is 0. The normalized spacial score (nSPS) is 25.8. The predicted octanol–water partition coefficient (Wildman–Crippen LogP) is 2.39. The minimum atomic E-state index is 0.162. The first-order valence-corrected chi connectivity index (χ1v) is 5.97. The fourth-order valence-corrected chi connectivity index (χ4v) is 2.31. The van der Waals surface area contributed by atoms with E-state index in [4.69, 9.17) is 0 Å². The smallest absolute Gasteiger partial charge is 0.211 e. The minimum Gasteiger partial charge on any atom is -0.211 e. The zero-order chi connectivity index (χ0) is 11.6. The average molecular weight is 222 g/mol. The van der Waals surface area contributed by atoms with Gasteiger partial charge >= 0.3 is 0 Å². The summed E-state index contributed by atoms with van der Waals surface area (Å²) in [7, 11) is 0. The van der Waals surface area contributed by atoms with E-state index in [-0.39, 0.29) is 6.04 Å². The molecule has 0 radical (unpaired) electrons. The average Bonchev–Trinajstić information content (AvgIpc) is 2.26. The summed E-state index contributed by atoms with van der Waals surface area (Å²) in [5, 5.41) is 0. The molecule has 0 aromatic carbocycles. The Balaban J connectivity index is 2.36. The number of aliphatic imine (C=N–C) groups is 2. The predicted molar refractivity (Wildman–Crippen MR) is 60.7 cm³/mol. The van der Waals surface area contributed by atoms with Crippen LogP contribution in [0.3, 0.4) is 0 Å². The SMILES string of the molecule is O=C=NCCC1CCCCC(N=C=O)CC1. The lowest BCUT2D eigenvalue weighted by molar-refractivity contribution is 0.342. The quantitative estimate of drug-likeness (QED) is 0.541. The van der Waals surface area contributed by atoms with Gasteiger partial charge < -0.3 is 0 Å². The van der Waals surface area contributed by atoms with Gasteiger partial charge in [-0.2, -0.15) is 0 Å². The number of isocyanates is 2. The molecule has 0 spiro atoms. The number of nitrogens with zero attached hydrogens (tertiary/aromatic N) is 2. The summed E-state index contributed by atoms with van der Waals surface area (Å²) in [6.07, 6.45) is 10.7. The lowest BCUT2D eigenvalue weighted by Crippen LogP contribution is -2.13. The Bertz CT molecular complexity index is 291. The van der Waals surface area contributed by atoms with Crippen molar-refractivity contribution >= 4 is 12.2 Å². The number of hydrogen-bond acceptors (Lipinski definition) is 4. The van der Waals surface area contributed by atoms with Crippen molar-refractivity contribution in [1.29, 1.82) is 0 Å². The van der Waals surface area contributed by atoms with Crippen LogP contribution in [0.5, 0.6) is 0 Å². The molecule has 0 heterocycles. The standard InChI is InChI=1S/C12H18N2O2/c15-9-13-8-7-11-3-1-2-4-12(6-5-11)14-10-16/h11-12H,1-8H2. The second-order valence-electron chi connectivity index (χ2n) is 4.36. The summed E-state index contributed by atoms with van der Waals surface area (Å²) >= 11 is 0. The molecule has 0 aromatic heterocycles. The lowest BCUT2D eigenvalue weighted by atomic mass is 9.87. The molecule has 0 amide bonds. The van der Waals surface area contributed by atoms with Gasteiger partial charge in [0.25, 0.3) is 0 Å². The van der Waals surface area contributed by atoms with Gasteiger partial charge in [0.15, 0.2) is 0 Å². The van der Waals surface area contributed by atoms with E-state index >= 15 is 0 Å². The topological polar surface area (TPSA) is 58.9 Å². The van der Waals surface area contributed by atoms with E-state index in [1.807, 2.05) is 0 Å². The van der Waals surface area contributed by atoms with Gasteiger partial charge in [-0.25, -0.2) is 19.6 Å². The Kier molecular flexibility index (Phi) is 6.39. The van der Waals surface area contributed by atoms with Crippen LogP contribution in [0.2, 0.25) is 0 Å². The van der Waals surface area contributed by atoms with Crippen molar-refractivity contribution in [3.05, 3.63) is 0 Å². The van der Waals surface area contributed by atoms with Gasteiger partial charge in [0.2, 0.25) is 12.2 Å². The first-order chi connectivity index (χ1) is 7.86. The third-order valence-corrected chi connectivity index (χ3v) is 3.26. The van der Waals surface area contributed by atoms with Gasteiger partial charge in [0.1, 0.15) is 0 Å². The van der Waals surface area contributed by atoms with Crippen LogP contribution in [-0.2, 0) is 9.59 Å². The number of rotatable bonds is 4. The van der Waals surface area contributed by atoms with Crippen molar-refractivity contribution in [3.8, 4) is 0 Å². The van der Waals surface area contributed by atoms with E-state index in [0.717, 1.165) is 32.1 Å². The van der Waals surface area contributed by atoms with Crippen molar-refractivity contribution < 1.29 is 9.59 Å². The van der Waals surface area contributed by atoms with E-state index in [1.165, 1.54) is 12.8 Å². The zero-order valence-electron chi connectivity index (χ0n) is 9.52. The summed E-state index contributed by atoms with van der Waals surface area (Å²) in [4.78, 5) is 27.6. The summed E-state index contributed by atoms with van der Waals surface area (Å²) in [5.74, 6) is 0.613. The molecule has 1 fully saturated rings. The van der Waals surface area contributed by atoms with Crippen LogP contribution in [0.15, 0.2) is 9.98 Å². The second-order valence-corrected chi connectivity index (χ2v) is 4.36. The fraction of sp³-hybridized carbons (Fsp3) is 0.833. The summed E-state index contributed by atoms with van der Waals surface area (Å²) < 4.78 is 0. The molecule has 2 unspecified atom stereocenters. The Morgan fingerprint density at radius 2 is 1.81 bits per heavy atom. The summed E-state index contributed by atoms with van der Waals surface area (Å²) in [6.45, 7) is 0.579. The highest BCUT2D eigenvalue weighted by atomic mass is 16.1. The molecule has 0 N–H and O–H groups in total. The monoisotopic (exact) mass is 222 g/mol. The van der Waals surface area contributed by atoms with E-state index in [0.29, 0.717) is 12.5 Å². The molecule has 0 aliphatic heterocycles. The van der Waals surface area contributed by atoms with Crippen LogP contribution in [0.1, 0.15) is 44.9 Å². The van der Waals surface area contributed by atoms with E-state index in [2.05, 4.69) is 9.98 Å². The number of carbonyl (C=O) groups excluding carboxylic acids is 2. The van der Waals surface area contributed by atoms with E-state index in [1.54, 1.807) is 12.2 Å². The molecule has 0 bridgehead atoms. The third-order valence-electron chi connectivity index (χ3n) is 3.26. The van der Waals surface area contributed by atoms with Gasteiger partial charge in [0, 0.05) is 0 Å². The van der Waals surface area contributed by atoms with Crippen molar-refractivity contribution in [1.82, 2.24) is 0 Å². The fourth-order valence-electron chi connectivity index (χ4n) is 2.31. The highest BCUT2D eigenvalue weighted by molar-refractivity contribution is 5.33. The molecule has 4 nitrogen and oxygen atoms in total. The van der Waals surface area contributed by atoms with Crippen molar-refractivity contribution in [3.63, 3.8) is 0 Å². The second kappa shape index (κ2) is 7.98. The first-order valence-electron chi connectivity index (χ1n) is 5.97. The lowest BCUT2D eigenvalue weighted by Gasteiger charge is -2.21. The zero-order valence-corrected chi connectivity index (χ0v) is 9.52. The molecule has 1 rings (SSSR count). The first kappa shape index (κ1) is 12.8. The molecule has 0 saturated heterocycles. The van der Waals surface area contributed by atoms with Crippen LogP contribution >= 0.6 is 0 Å². The Labute approximate surface area is 95.9 Å². The Morgan fingerprint density at radius 1 is 1.00 bits per heavy atom. The summed E-state index contributed by atoms with van der Waals surface area (Å²) in [6, 6.07) is 0.162. The molecule has 16 heavy (non-hydrogen) atoms. The molecule has 2 atom stereocenters. The highest BCUT2D eigenvalue weighted by Crippen LogP contribution is 2.26. The molecule has 0 aromatic rings. The maximum atomic E-state index is 10.2. The van der Waals surface area contributed by atoms with E-state index < -0.39 is 0 Å². The Hall–Kier alpha value is -1.24. The van der Waals surface area contributed by atoms with Gasteiger partial charge in [0.05, 0.1) is 12.6 Å². The Morgan fingerprint density at radius 3 is 2.56 bits per heavy atom. The molecular formula is C12H18N2O2. The van der Waals surface area contributed by atoms with Crippen LogP contribution in [0, 0.1) is 5.92 Å². The molecule has 4 heteroatoms. The molecular weight excluding hydrogens is 204 g/mol. The van der Waals surface area contributed by atoms with Gasteiger partial charge in [-0.15, -0.1) is 0 Å². The van der Waals surface area contributed by atoms with Crippen molar-refractivity contribution in [2.45, 2.75) is 51.0 Å². The van der Waals surface area contributed by atoms with Gasteiger partial charge in [-0.1, -0.05) is 19.3 Å².